The Bertz CT molecular complexity index is 617. The number of nitrogens with zero attached hydrogens (tertiary/aromatic N) is 1. The minimum Gasteiger partial charge on any atom is -0.380 e. The van der Waals surface area contributed by atoms with Crippen LogP contribution in [0.1, 0.15) is 48.5 Å². The largest absolute Gasteiger partial charge is 0.380 e. The maximum atomic E-state index is 12.3. The summed E-state index contributed by atoms with van der Waals surface area (Å²) in [5.41, 5.74) is 4.98. The van der Waals surface area contributed by atoms with Crippen LogP contribution in [0.5, 0.6) is 0 Å². The van der Waals surface area contributed by atoms with E-state index in [1.165, 1.54) is 12.8 Å². The van der Waals surface area contributed by atoms with Crippen LogP contribution in [0.4, 0.5) is 5.69 Å². The van der Waals surface area contributed by atoms with Crippen LogP contribution in [0, 0.1) is 0 Å². The number of carbonyl (C=O) groups excluding carboxylic acids is 1. The van der Waals surface area contributed by atoms with Crippen LogP contribution in [0.15, 0.2) is 48.8 Å². The zero-order chi connectivity index (χ0) is 17.0. The Morgan fingerprint density at radius 3 is 2.67 bits per heavy atom. The number of para-hydroxylation sites is 1. The number of hydrogen-bond acceptors (Lipinski definition) is 4. The molecule has 1 heterocycles. The summed E-state index contributed by atoms with van der Waals surface area (Å²) in [6.45, 7) is 3.33. The van der Waals surface area contributed by atoms with Crippen molar-refractivity contribution in [3.8, 4) is 0 Å². The molecule has 2 aromatic rings. The molecule has 24 heavy (non-hydrogen) atoms. The van der Waals surface area contributed by atoms with Crippen LogP contribution in [0.3, 0.4) is 0 Å². The molecule has 0 saturated heterocycles. The fourth-order valence-electron chi connectivity index (χ4n) is 2.31. The highest BCUT2D eigenvalue weighted by molar-refractivity contribution is 5.98. The van der Waals surface area contributed by atoms with Gasteiger partial charge in [-0.25, -0.2) is 5.48 Å². The van der Waals surface area contributed by atoms with Crippen molar-refractivity contribution in [3.63, 3.8) is 0 Å². The van der Waals surface area contributed by atoms with Gasteiger partial charge in [0.1, 0.15) is 0 Å². The number of amides is 1. The van der Waals surface area contributed by atoms with Crippen molar-refractivity contribution < 1.29 is 9.63 Å². The van der Waals surface area contributed by atoms with E-state index in [-0.39, 0.29) is 5.91 Å². The van der Waals surface area contributed by atoms with Gasteiger partial charge in [0.05, 0.1) is 12.2 Å². The fourth-order valence-corrected chi connectivity index (χ4v) is 2.31. The fraction of sp³-hybridized carbons (Fsp3) is 0.368. The van der Waals surface area contributed by atoms with Crippen LogP contribution < -0.4 is 10.8 Å². The molecule has 5 nitrogen and oxygen atoms in total. The predicted octanol–water partition coefficient (Wildman–Crippen LogP) is 3.94. The highest BCUT2D eigenvalue weighted by Gasteiger charge is 2.10. The van der Waals surface area contributed by atoms with E-state index in [0.717, 1.165) is 24.1 Å². The first-order valence-corrected chi connectivity index (χ1v) is 8.45. The van der Waals surface area contributed by atoms with Gasteiger partial charge in [-0.05, 0) is 36.2 Å². The van der Waals surface area contributed by atoms with Gasteiger partial charge in [-0.15, -0.1) is 0 Å². The van der Waals surface area contributed by atoms with E-state index in [9.17, 15) is 4.79 Å². The first-order valence-electron chi connectivity index (χ1n) is 8.45. The lowest BCUT2D eigenvalue weighted by molar-refractivity contribution is 0.0298. The highest BCUT2D eigenvalue weighted by Crippen LogP contribution is 2.16. The van der Waals surface area contributed by atoms with Gasteiger partial charge in [0, 0.05) is 24.6 Å². The number of carbonyl (C=O) groups is 1. The second-order valence-corrected chi connectivity index (χ2v) is 5.59. The molecule has 0 aliphatic carbocycles. The third-order valence-electron chi connectivity index (χ3n) is 3.67. The Morgan fingerprint density at radius 2 is 1.88 bits per heavy atom. The van der Waals surface area contributed by atoms with Crippen molar-refractivity contribution in [2.24, 2.45) is 0 Å². The summed E-state index contributed by atoms with van der Waals surface area (Å²) in [5.74, 6) is -0.233. The van der Waals surface area contributed by atoms with Crippen molar-refractivity contribution in [1.82, 2.24) is 10.5 Å². The number of aromatic nitrogens is 1. The molecule has 128 valence electrons. The molecule has 1 aromatic heterocycles. The van der Waals surface area contributed by atoms with Gasteiger partial charge in [-0.1, -0.05) is 38.3 Å². The van der Waals surface area contributed by atoms with Gasteiger partial charge >= 0.3 is 0 Å². The van der Waals surface area contributed by atoms with Crippen LogP contribution in [0.2, 0.25) is 0 Å². The summed E-state index contributed by atoms with van der Waals surface area (Å²) in [6, 6.07) is 11.3. The van der Waals surface area contributed by atoms with Gasteiger partial charge in [0.2, 0.25) is 0 Å². The summed E-state index contributed by atoms with van der Waals surface area (Å²) < 4.78 is 0. The number of nitrogens with one attached hydrogen (secondary N) is 2. The monoisotopic (exact) mass is 327 g/mol. The number of benzene rings is 1. The molecule has 0 unspecified atom stereocenters. The first kappa shape index (κ1) is 17.9. The SMILES string of the molecule is CCCCCCONC(=O)c1ccccc1NCc1ccncc1. The van der Waals surface area contributed by atoms with E-state index in [1.54, 1.807) is 18.5 Å². The number of unbranched alkanes of at least 4 members (excludes halogenated alkanes) is 3. The molecule has 0 fully saturated rings. The lowest BCUT2D eigenvalue weighted by atomic mass is 10.1. The molecular weight excluding hydrogens is 302 g/mol. The summed E-state index contributed by atoms with van der Waals surface area (Å²) >= 11 is 0. The normalized spacial score (nSPS) is 10.4. The zero-order valence-electron chi connectivity index (χ0n) is 14.1. The topological polar surface area (TPSA) is 63.2 Å². The molecule has 1 amide bonds. The molecular formula is C19H25N3O2. The molecule has 2 N–H and O–H groups in total. The first-order chi connectivity index (χ1) is 11.8. The van der Waals surface area contributed by atoms with Crippen molar-refractivity contribution >= 4 is 11.6 Å². The van der Waals surface area contributed by atoms with E-state index in [0.29, 0.717) is 18.7 Å². The van der Waals surface area contributed by atoms with E-state index in [1.807, 2.05) is 30.3 Å². The van der Waals surface area contributed by atoms with Crippen molar-refractivity contribution in [1.29, 1.82) is 0 Å². The number of pyridine rings is 1. The number of anilines is 1. The Labute approximate surface area is 143 Å². The molecule has 0 spiro atoms. The highest BCUT2D eigenvalue weighted by atomic mass is 16.6. The van der Waals surface area contributed by atoms with Crippen molar-refractivity contribution in [3.05, 3.63) is 59.9 Å². The summed E-state index contributed by atoms with van der Waals surface area (Å²) in [6.07, 6.45) is 7.96. The molecule has 2 rings (SSSR count). The number of rotatable bonds is 10. The average Bonchev–Trinajstić information content (AvgIpc) is 2.64. The van der Waals surface area contributed by atoms with Gasteiger partial charge in [-0.2, -0.15) is 0 Å². The van der Waals surface area contributed by atoms with Crippen molar-refractivity contribution in [2.45, 2.75) is 39.2 Å². The molecule has 0 atom stereocenters. The van der Waals surface area contributed by atoms with Gasteiger partial charge < -0.3 is 5.32 Å². The molecule has 1 aromatic carbocycles. The number of hydroxylamine groups is 1. The van der Waals surface area contributed by atoms with Gasteiger partial charge in [-0.3, -0.25) is 14.6 Å². The molecule has 5 heteroatoms. The van der Waals surface area contributed by atoms with E-state index >= 15 is 0 Å². The Hall–Kier alpha value is -2.40. The lowest BCUT2D eigenvalue weighted by Gasteiger charge is -2.12. The predicted molar refractivity (Wildman–Crippen MR) is 95.6 cm³/mol. The second-order valence-electron chi connectivity index (χ2n) is 5.59. The number of hydrogen-bond donors (Lipinski definition) is 2. The maximum Gasteiger partial charge on any atom is 0.276 e. The summed E-state index contributed by atoms with van der Waals surface area (Å²) in [5, 5.41) is 3.28. The molecule has 0 radical (unpaired) electrons. The third kappa shape index (κ3) is 6.01. The molecule has 0 saturated carbocycles. The minimum absolute atomic E-state index is 0.233. The van der Waals surface area contributed by atoms with Crippen LogP contribution in [-0.2, 0) is 11.4 Å². The smallest absolute Gasteiger partial charge is 0.276 e. The minimum atomic E-state index is -0.233. The van der Waals surface area contributed by atoms with Crippen molar-refractivity contribution in [2.75, 3.05) is 11.9 Å². The Kier molecular flexibility index (Phi) is 7.77. The van der Waals surface area contributed by atoms with E-state index < -0.39 is 0 Å². The van der Waals surface area contributed by atoms with Gasteiger partial charge in [0.25, 0.3) is 5.91 Å². The van der Waals surface area contributed by atoms with Gasteiger partial charge in [0.15, 0.2) is 0 Å². The lowest BCUT2D eigenvalue weighted by Crippen LogP contribution is -2.25. The standard InChI is InChI=1S/C19H25N3O2/c1-2-3-4-7-14-24-22-19(23)17-8-5-6-9-18(17)21-15-16-10-12-20-13-11-16/h5-6,8-13,21H,2-4,7,14-15H2,1H3,(H,22,23). The second kappa shape index (κ2) is 10.4. The summed E-state index contributed by atoms with van der Waals surface area (Å²) in [7, 11) is 0. The average molecular weight is 327 g/mol. The Balaban J connectivity index is 1.84. The van der Waals surface area contributed by atoms with E-state index in [2.05, 4.69) is 22.7 Å². The van der Waals surface area contributed by atoms with Crippen LogP contribution in [0.25, 0.3) is 0 Å². The summed E-state index contributed by atoms with van der Waals surface area (Å²) in [4.78, 5) is 21.6. The Morgan fingerprint density at radius 1 is 1.08 bits per heavy atom. The third-order valence-corrected chi connectivity index (χ3v) is 3.67. The maximum absolute atomic E-state index is 12.3. The molecule has 0 aliphatic heterocycles. The van der Waals surface area contributed by atoms with Crippen LogP contribution in [-0.4, -0.2) is 17.5 Å². The zero-order valence-corrected chi connectivity index (χ0v) is 14.1. The van der Waals surface area contributed by atoms with E-state index in [4.69, 9.17) is 4.84 Å². The quantitative estimate of drug-likeness (QED) is 0.512. The molecule has 0 bridgehead atoms. The molecule has 0 aliphatic rings. The van der Waals surface area contributed by atoms with Crippen LogP contribution >= 0.6 is 0 Å².